The molecule has 0 atom stereocenters. The Morgan fingerprint density at radius 1 is 1.10 bits per heavy atom. The number of nitrogens with one attached hydrogen (secondary N) is 2. The smallest absolute Gasteiger partial charge is 0.405 e. The van der Waals surface area contributed by atoms with Crippen molar-refractivity contribution in [3.8, 4) is 5.75 Å². The number of fused-ring (bicyclic) bond motifs is 1. The molecule has 154 valence electrons. The summed E-state index contributed by atoms with van der Waals surface area (Å²) in [4.78, 5) is 17.0. The average Bonchev–Trinajstić information content (AvgIpc) is 3.05. The van der Waals surface area contributed by atoms with Crippen LogP contribution >= 0.6 is 0 Å². The van der Waals surface area contributed by atoms with E-state index in [1.165, 1.54) is 12.1 Å². The van der Waals surface area contributed by atoms with Gasteiger partial charge in [-0.15, -0.1) is 13.2 Å². The number of benzene rings is 2. The van der Waals surface area contributed by atoms with Gasteiger partial charge >= 0.3 is 6.36 Å². The van der Waals surface area contributed by atoms with Crippen molar-refractivity contribution in [1.29, 1.82) is 0 Å². The van der Waals surface area contributed by atoms with Crippen molar-refractivity contribution in [2.75, 3.05) is 20.1 Å². The number of likely N-dealkylation sites (N-methyl/N-ethyl adjacent to an activating group) is 1. The van der Waals surface area contributed by atoms with Crippen molar-refractivity contribution in [2.45, 2.75) is 19.3 Å². The monoisotopic (exact) mass is 405 g/mol. The number of carbonyl (C=O) groups excluding carboxylic acids is 1. The Hall–Kier alpha value is -3.00. The molecular weight excluding hydrogens is 383 g/mol. The summed E-state index contributed by atoms with van der Waals surface area (Å²) in [6, 6.07) is 13.9. The highest BCUT2D eigenvalue weighted by molar-refractivity contribution is 5.83. The molecule has 0 radical (unpaired) electrons. The maximum Gasteiger partial charge on any atom is 0.573 e. The molecular formula is C21H22F3N3O2. The number of ether oxygens (including phenoxy) is 1. The van der Waals surface area contributed by atoms with Gasteiger partial charge in [0.25, 0.3) is 0 Å². The van der Waals surface area contributed by atoms with Gasteiger partial charge in [-0.1, -0.05) is 36.4 Å². The molecule has 2 aromatic carbocycles. The predicted octanol–water partition coefficient (Wildman–Crippen LogP) is 3.86. The van der Waals surface area contributed by atoms with Crippen LogP contribution < -0.4 is 10.1 Å². The van der Waals surface area contributed by atoms with Crippen molar-refractivity contribution in [2.24, 2.45) is 0 Å². The number of carbonyl (C=O) groups is 1. The van der Waals surface area contributed by atoms with E-state index in [1.807, 2.05) is 30.5 Å². The summed E-state index contributed by atoms with van der Waals surface area (Å²) < 4.78 is 41.6. The lowest BCUT2D eigenvalue weighted by Gasteiger charge is -2.19. The van der Waals surface area contributed by atoms with Crippen LogP contribution in [0.25, 0.3) is 10.9 Å². The number of para-hydroxylation sites is 2. The summed E-state index contributed by atoms with van der Waals surface area (Å²) >= 11 is 0. The Labute approximate surface area is 166 Å². The van der Waals surface area contributed by atoms with E-state index in [0.717, 1.165) is 16.5 Å². The van der Waals surface area contributed by atoms with Crippen LogP contribution in [0.15, 0.2) is 54.7 Å². The molecule has 1 amide bonds. The fourth-order valence-corrected chi connectivity index (χ4v) is 3.18. The molecule has 0 spiro atoms. The highest BCUT2D eigenvalue weighted by Gasteiger charge is 2.32. The number of halogens is 3. The van der Waals surface area contributed by atoms with Crippen molar-refractivity contribution < 1.29 is 22.7 Å². The first-order valence-electron chi connectivity index (χ1n) is 9.16. The van der Waals surface area contributed by atoms with E-state index in [-0.39, 0.29) is 24.7 Å². The summed E-state index contributed by atoms with van der Waals surface area (Å²) in [5, 5.41) is 3.97. The van der Waals surface area contributed by atoms with Gasteiger partial charge in [-0.25, -0.2) is 0 Å². The van der Waals surface area contributed by atoms with E-state index < -0.39 is 6.36 Å². The molecule has 0 aliphatic rings. The van der Waals surface area contributed by atoms with Gasteiger partial charge in [0.15, 0.2) is 0 Å². The molecule has 2 N–H and O–H groups in total. The highest BCUT2D eigenvalue weighted by atomic mass is 19.4. The zero-order valence-electron chi connectivity index (χ0n) is 15.9. The largest absolute Gasteiger partial charge is 0.573 e. The van der Waals surface area contributed by atoms with Crippen LogP contribution in [0.5, 0.6) is 5.75 Å². The van der Waals surface area contributed by atoms with Crippen LogP contribution in [0.1, 0.15) is 11.1 Å². The molecule has 5 nitrogen and oxygen atoms in total. The van der Waals surface area contributed by atoms with E-state index in [0.29, 0.717) is 18.5 Å². The Balaban J connectivity index is 1.48. The lowest BCUT2D eigenvalue weighted by Crippen LogP contribution is -2.36. The Morgan fingerprint density at radius 2 is 1.83 bits per heavy atom. The van der Waals surface area contributed by atoms with Crippen LogP contribution in [0.3, 0.4) is 0 Å². The Bertz CT molecular complexity index is 969. The SMILES string of the molecule is CN(CC(=O)NCCc1c[nH]c2ccccc12)Cc1ccccc1OC(F)(F)F. The second-order valence-electron chi connectivity index (χ2n) is 6.79. The van der Waals surface area contributed by atoms with Crippen molar-refractivity contribution in [1.82, 2.24) is 15.2 Å². The zero-order chi connectivity index (χ0) is 20.9. The lowest BCUT2D eigenvalue weighted by molar-refractivity contribution is -0.275. The van der Waals surface area contributed by atoms with Crippen LogP contribution in [-0.2, 0) is 17.8 Å². The molecule has 0 unspecified atom stereocenters. The van der Waals surface area contributed by atoms with Gasteiger partial charge in [-0.2, -0.15) is 0 Å². The molecule has 0 bridgehead atoms. The van der Waals surface area contributed by atoms with Gasteiger partial charge in [-0.05, 0) is 31.2 Å². The minimum Gasteiger partial charge on any atom is -0.405 e. The Kier molecular flexibility index (Phi) is 6.43. The summed E-state index contributed by atoms with van der Waals surface area (Å²) in [6.07, 6.45) is -2.14. The second kappa shape index (κ2) is 9.00. The molecule has 1 heterocycles. The van der Waals surface area contributed by atoms with Gasteiger partial charge in [0.1, 0.15) is 5.75 Å². The van der Waals surface area contributed by atoms with E-state index in [1.54, 1.807) is 24.1 Å². The highest BCUT2D eigenvalue weighted by Crippen LogP contribution is 2.26. The number of H-pyrrole nitrogens is 1. The number of rotatable bonds is 8. The number of aromatic amines is 1. The molecule has 0 saturated carbocycles. The maximum atomic E-state index is 12.5. The molecule has 0 fully saturated rings. The van der Waals surface area contributed by atoms with E-state index in [2.05, 4.69) is 15.0 Å². The number of alkyl halides is 3. The van der Waals surface area contributed by atoms with Gasteiger partial charge in [0.05, 0.1) is 6.54 Å². The van der Waals surface area contributed by atoms with Crippen LogP contribution in [0.4, 0.5) is 13.2 Å². The van der Waals surface area contributed by atoms with E-state index in [9.17, 15) is 18.0 Å². The fraction of sp³-hybridized carbons (Fsp3) is 0.286. The summed E-state index contributed by atoms with van der Waals surface area (Å²) in [5.41, 5.74) is 2.53. The van der Waals surface area contributed by atoms with Crippen LogP contribution in [-0.4, -0.2) is 42.3 Å². The van der Waals surface area contributed by atoms with Crippen LogP contribution in [0, 0.1) is 0 Å². The number of hydrogen-bond donors (Lipinski definition) is 2. The van der Waals surface area contributed by atoms with Crippen molar-refractivity contribution in [3.63, 3.8) is 0 Å². The number of nitrogens with zero attached hydrogens (tertiary/aromatic N) is 1. The number of amides is 1. The van der Waals surface area contributed by atoms with E-state index in [4.69, 9.17) is 0 Å². The minimum atomic E-state index is -4.76. The molecule has 3 aromatic rings. The third-order valence-electron chi connectivity index (χ3n) is 4.44. The molecule has 0 saturated heterocycles. The third kappa shape index (κ3) is 5.99. The van der Waals surface area contributed by atoms with Crippen molar-refractivity contribution in [3.05, 3.63) is 65.9 Å². The summed E-state index contributed by atoms with van der Waals surface area (Å²) in [7, 11) is 1.67. The molecule has 3 rings (SSSR count). The fourth-order valence-electron chi connectivity index (χ4n) is 3.18. The molecule has 0 aliphatic carbocycles. The number of aromatic nitrogens is 1. The first kappa shape index (κ1) is 20.7. The molecule has 1 aromatic heterocycles. The average molecular weight is 405 g/mol. The quantitative estimate of drug-likeness (QED) is 0.599. The van der Waals surface area contributed by atoms with E-state index >= 15 is 0 Å². The standard InChI is InChI=1S/C21H22F3N3O2/c1-27(13-16-6-2-5-9-19(16)29-21(22,23)24)14-20(28)25-11-10-15-12-26-18-8-4-3-7-17(15)18/h2-9,12,26H,10-11,13-14H2,1H3,(H,25,28). The van der Waals surface area contributed by atoms with Gasteiger partial charge in [0, 0.05) is 35.8 Å². The molecule has 29 heavy (non-hydrogen) atoms. The summed E-state index contributed by atoms with van der Waals surface area (Å²) in [6.45, 7) is 0.693. The van der Waals surface area contributed by atoms with Gasteiger partial charge in [-0.3, -0.25) is 9.69 Å². The molecule has 8 heteroatoms. The van der Waals surface area contributed by atoms with Gasteiger partial charge < -0.3 is 15.0 Å². The summed E-state index contributed by atoms with van der Waals surface area (Å²) in [5.74, 6) is -0.451. The second-order valence-corrected chi connectivity index (χ2v) is 6.79. The minimum absolute atomic E-state index is 0.0637. The van der Waals surface area contributed by atoms with Crippen molar-refractivity contribution >= 4 is 16.8 Å². The van der Waals surface area contributed by atoms with Gasteiger partial charge in [0.2, 0.25) is 5.91 Å². The van der Waals surface area contributed by atoms with Crippen LogP contribution in [0.2, 0.25) is 0 Å². The predicted molar refractivity (Wildman–Crippen MR) is 104 cm³/mol. The normalized spacial score (nSPS) is 11.8. The number of hydrogen-bond acceptors (Lipinski definition) is 3. The third-order valence-corrected chi connectivity index (χ3v) is 4.44. The first-order valence-corrected chi connectivity index (χ1v) is 9.16. The lowest BCUT2D eigenvalue weighted by atomic mass is 10.1. The maximum absolute atomic E-state index is 12.5. The topological polar surface area (TPSA) is 57.4 Å². The molecule has 0 aliphatic heterocycles. The Morgan fingerprint density at radius 3 is 2.62 bits per heavy atom. The zero-order valence-corrected chi connectivity index (χ0v) is 15.9. The first-order chi connectivity index (χ1) is 13.8.